The van der Waals surface area contributed by atoms with Gasteiger partial charge in [0, 0.05) is 0 Å². The average Bonchev–Trinajstić information content (AvgIpc) is 2.43. The van der Waals surface area contributed by atoms with E-state index in [1.165, 1.54) is 6.92 Å². The van der Waals surface area contributed by atoms with Gasteiger partial charge in [-0.25, -0.2) is 18.4 Å². The van der Waals surface area contributed by atoms with E-state index in [0.717, 1.165) is 0 Å². The van der Waals surface area contributed by atoms with E-state index in [-0.39, 0.29) is 11.1 Å². The van der Waals surface area contributed by atoms with Crippen LogP contribution in [0.25, 0.3) is 0 Å². The third-order valence-electron chi connectivity index (χ3n) is 2.37. The minimum Gasteiger partial charge on any atom is -0.462 e. The molecule has 0 saturated heterocycles. The van der Waals surface area contributed by atoms with E-state index < -0.39 is 44.6 Å². The van der Waals surface area contributed by atoms with Crippen LogP contribution < -0.4 is 10.6 Å². The summed E-state index contributed by atoms with van der Waals surface area (Å²) in [7, 11) is 0. The monoisotopic (exact) mass is 466 g/mol. The summed E-state index contributed by atoms with van der Waals surface area (Å²) in [6.07, 6.45) is 0. The van der Waals surface area contributed by atoms with Gasteiger partial charge in [-0.15, -0.1) is 0 Å². The number of nitrogens with one attached hydrogen (secondary N) is 2. The third-order valence-corrected chi connectivity index (χ3v) is 3.47. The van der Waals surface area contributed by atoms with Gasteiger partial charge in [-0.3, -0.25) is 10.1 Å². The van der Waals surface area contributed by atoms with Crippen molar-refractivity contribution < 1.29 is 27.9 Å². The summed E-state index contributed by atoms with van der Waals surface area (Å²) in [5.41, 5.74) is -1.72. The minimum absolute atomic E-state index is 0.118. The van der Waals surface area contributed by atoms with Crippen molar-refractivity contribution in [1.29, 1.82) is 0 Å². The topological polar surface area (TPSA) is 84.5 Å². The van der Waals surface area contributed by atoms with Crippen LogP contribution in [-0.2, 0) is 9.53 Å². The van der Waals surface area contributed by atoms with E-state index in [2.05, 4.69) is 20.7 Å². The first kappa shape index (κ1) is 20.9. The van der Waals surface area contributed by atoms with Crippen molar-refractivity contribution >= 4 is 74.3 Å². The molecule has 6 nitrogen and oxygen atoms in total. The Kier molecular flexibility index (Phi) is 7.21. The van der Waals surface area contributed by atoms with Crippen molar-refractivity contribution in [1.82, 2.24) is 5.32 Å². The Morgan fingerprint density at radius 3 is 2.38 bits per heavy atom. The molecule has 132 valence electrons. The second kappa shape index (κ2) is 8.28. The number of esters is 1. The average molecular weight is 468 g/mol. The molecule has 0 aliphatic carbocycles. The molecular weight excluding hydrogens is 460 g/mol. The Labute approximate surface area is 157 Å². The molecule has 0 unspecified atom stereocenters. The Balaban J connectivity index is 3.20. The minimum atomic E-state index is -2.46. The molecule has 24 heavy (non-hydrogen) atoms. The summed E-state index contributed by atoms with van der Waals surface area (Å²) in [4.78, 5) is 34.8. The number of carbonyl (C=O) groups is 3. The SMILES string of the molecule is CCOC(=O)c1c(F)cc(Br)c(F)c1NC(=O)NC(=O)C(Cl)(Cl)Cl. The molecule has 0 aromatic heterocycles. The number of carbonyl (C=O) groups excluding carboxylic acids is 3. The number of halogens is 6. The normalized spacial score (nSPS) is 11.0. The lowest BCUT2D eigenvalue weighted by molar-refractivity contribution is -0.119. The summed E-state index contributed by atoms with van der Waals surface area (Å²) >= 11 is 18.5. The summed E-state index contributed by atoms with van der Waals surface area (Å²) in [5, 5.41) is 3.40. The van der Waals surface area contributed by atoms with Gasteiger partial charge in [0.25, 0.3) is 9.70 Å². The predicted molar refractivity (Wildman–Crippen MR) is 87.5 cm³/mol. The number of hydrogen-bond acceptors (Lipinski definition) is 4. The first-order chi connectivity index (χ1) is 11.0. The van der Waals surface area contributed by atoms with Gasteiger partial charge in [-0.2, -0.15) is 0 Å². The maximum atomic E-state index is 14.1. The Hall–Kier alpha value is -1.16. The van der Waals surface area contributed by atoms with E-state index in [1.807, 2.05) is 5.32 Å². The molecule has 2 N–H and O–H groups in total. The van der Waals surface area contributed by atoms with Crippen molar-refractivity contribution in [2.45, 2.75) is 10.7 Å². The third kappa shape index (κ3) is 5.17. The lowest BCUT2D eigenvalue weighted by atomic mass is 10.1. The van der Waals surface area contributed by atoms with E-state index >= 15 is 0 Å². The van der Waals surface area contributed by atoms with Gasteiger partial charge in [-0.05, 0) is 28.9 Å². The fraction of sp³-hybridized carbons (Fsp3) is 0.250. The maximum Gasteiger partial charge on any atom is 0.343 e. The highest BCUT2D eigenvalue weighted by Gasteiger charge is 2.33. The quantitative estimate of drug-likeness (QED) is 0.400. The van der Waals surface area contributed by atoms with Gasteiger partial charge in [-0.1, -0.05) is 34.8 Å². The van der Waals surface area contributed by atoms with Gasteiger partial charge < -0.3 is 10.1 Å². The van der Waals surface area contributed by atoms with Gasteiger partial charge in [0.1, 0.15) is 11.4 Å². The van der Waals surface area contributed by atoms with Crippen LogP contribution in [0.2, 0.25) is 0 Å². The summed E-state index contributed by atoms with van der Waals surface area (Å²) < 4.78 is 29.9. The number of hydrogen-bond donors (Lipinski definition) is 2. The molecule has 12 heteroatoms. The smallest absolute Gasteiger partial charge is 0.343 e. The Morgan fingerprint density at radius 1 is 1.29 bits per heavy atom. The van der Waals surface area contributed by atoms with Crippen LogP contribution in [0.1, 0.15) is 17.3 Å². The Morgan fingerprint density at radius 2 is 1.88 bits per heavy atom. The van der Waals surface area contributed by atoms with Gasteiger partial charge in [0.05, 0.1) is 16.8 Å². The van der Waals surface area contributed by atoms with Gasteiger partial charge in [0.2, 0.25) is 0 Å². The van der Waals surface area contributed by atoms with Crippen LogP contribution in [0.5, 0.6) is 0 Å². The highest BCUT2D eigenvalue weighted by atomic mass is 79.9. The number of benzene rings is 1. The molecule has 0 bridgehead atoms. The van der Waals surface area contributed by atoms with Crippen LogP contribution in [0.4, 0.5) is 19.3 Å². The van der Waals surface area contributed by atoms with E-state index in [0.29, 0.717) is 6.07 Å². The second-order valence-corrected chi connectivity index (χ2v) is 7.17. The molecule has 1 aromatic carbocycles. The molecular formula is C12H8BrCl3F2N2O4. The van der Waals surface area contributed by atoms with Crippen LogP contribution in [0.3, 0.4) is 0 Å². The molecule has 0 aliphatic heterocycles. The van der Waals surface area contributed by atoms with Crippen molar-refractivity contribution in [2.75, 3.05) is 11.9 Å². The zero-order chi connectivity index (χ0) is 18.7. The second-order valence-electron chi connectivity index (χ2n) is 4.03. The number of alkyl halides is 3. The fourth-order valence-corrected chi connectivity index (χ4v) is 1.98. The molecule has 0 aliphatic rings. The zero-order valence-corrected chi connectivity index (χ0v) is 15.5. The van der Waals surface area contributed by atoms with Crippen molar-refractivity contribution in [3.05, 3.63) is 27.7 Å². The Bertz CT molecular complexity index is 698. The molecule has 0 radical (unpaired) electrons. The molecule has 0 atom stereocenters. The van der Waals surface area contributed by atoms with E-state index in [1.54, 1.807) is 5.32 Å². The molecule has 0 heterocycles. The van der Waals surface area contributed by atoms with Crippen LogP contribution in [0.15, 0.2) is 10.5 Å². The number of rotatable bonds is 3. The van der Waals surface area contributed by atoms with Crippen molar-refractivity contribution in [3.63, 3.8) is 0 Å². The number of ether oxygens (including phenoxy) is 1. The van der Waals surface area contributed by atoms with Crippen LogP contribution >= 0.6 is 50.7 Å². The first-order valence-corrected chi connectivity index (χ1v) is 7.95. The van der Waals surface area contributed by atoms with Gasteiger partial charge in [0.15, 0.2) is 5.82 Å². The summed E-state index contributed by atoms with van der Waals surface area (Å²) in [6, 6.07) is -0.676. The molecule has 1 aromatic rings. The maximum absolute atomic E-state index is 14.1. The lowest BCUT2D eigenvalue weighted by Gasteiger charge is -2.15. The number of urea groups is 1. The molecule has 0 spiro atoms. The van der Waals surface area contributed by atoms with E-state index in [9.17, 15) is 23.2 Å². The highest BCUT2D eigenvalue weighted by molar-refractivity contribution is 9.10. The highest BCUT2D eigenvalue weighted by Crippen LogP contribution is 2.31. The number of anilines is 1. The van der Waals surface area contributed by atoms with Crippen molar-refractivity contribution in [2.24, 2.45) is 0 Å². The lowest BCUT2D eigenvalue weighted by Crippen LogP contribution is -2.41. The fourth-order valence-electron chi connectivity index (χ4n) is 1.43. The standard InChI is InChI=1S/C12H8BrCl3F2N2O4/c1-2-24-9(21)6-5(17)3-4(13)7(18)8(6)19-11(23)20-10(22)12(14,15)16/h3H,2H2,1H3,(H2,19,20,22,23). The summed E-state index contributed by atoms with van der Waals surface area (Å²) in [6.45, 7) is 1.33. The van der Waals surface area contributed by atoms with Gasteiger partial charge >= 0.3 is 12.0 Å². The van der Waals surface area contributed by atoms with Crippen LogP contribution in [-0.4, -0.2) is 28.3 Å². The zero-order valence-electron chi connectivity index (χ0n) is 11.7. The molecule has 0 saturated carbocycles. The molecule has 0 fully saturated rings. The number of imide groups is 1. The largest absolute Gasteiger partial charge is 0.462 e. The first-order valence-electron chi connectivity index (χ1n) is 6.02. The molecule has 3 amide bonds. The van der Waals surface area contributed by atoms with E-state index in [4.69, 9.17) is 34.8 Å². The van der Waals surface area contributed by atoms with Crippen LogP contribution in [0, 0.1) is 11.6 Å². The molecule has 1 rings (SSSR count). The van der Waals surface area contributed by atoms with Crippen molar-refractivity contribution in [3.8, 4) is 0 Å². The number of amides is 3. The summed E-state index contributed by atoms with van der Waals surface area (Å²) in [5.74, 6) is -4.89. The predicted octanol–water partition coefficient (Wildman–Crippen LogP) is 3.92.